The van der Waals surface area contributed by atoms with E-state index in [1.807, 2.05) is 7.05 Å². The van der Waals surface area contributed by atoms with Crippen molar-refractivity contribution in [1.82, 2.24) is 24.6 Å². The molecule has 0 saturated carbocycles. The summed E-state index contributed by atoms with van der Waals surface area (Å²) in [4.78, 5) is 10.6. The normalized spacial score (nSPS) is 11.5. The van der Waals surface area contributed by atoms with Crippen molar-refractivity contribution in [3.63, 3.8) is 0 Å². The molecule has 0 aromatic carbocycles. The Labute approximate surface area is 138 Å². The van der Waals surface area contributed by atoms with Gasteiger partial charge < -0.3 is 8.83 Å². The van der Waals surface area contributed by atoms with Gasteiger partial charge >= 0.3 is 0 Å². The van der Waals surface area contributed by atoms with Gasteiger partial charge in [0, 0.05) is 32.2 Å². The van der Waals surface area contributed by atoms with Crippen LogP contribution in [0.15, 0.2) is 34.1 Å². The van der Waals surface area contributed by atoms with Crippen molar-refractivity contribution in [3.05, 3.63) is 53.1 Å². The summed E-state index contributed by atoms with van der Waals surface area (Å²) in [6, 6.07) is 0. The zero-order chi connectivity index (χ0) is 16.2. The van der Waals surface area contributed by atoms with Crippen LogP contribution in [0.5, 0.6) is 0 Å². The summed E-state index contributed by atoms with van der Waals surface area (Å²) in [5.74, 6) is 0. The Hall–Kier alpha value is -2.12. The van der Waals surface area contributed by atoms with Crippen LogP contribution in [0, 0.1) is 0 Å². The van der Waals surface area contributed by atoms with E-state index in [1.165, 1.54) is 12.8 Å². The average Bonchev–Trinajstić information content (AvgIpc) is 3.27. The molecule has 0 radical (unpaired) electrons. The van der Waals surface area contributed by atoms with Crippen molar-refractivity contribution < 1.29 is 8.83 Å². The van der Waals surface area contributed by atoms with E-state index in [2.05, 4.69) is 26.9 Å². The first-order valence-electron chi connectivity index (χ1n) is 7.34. The number of hydrogen-bond acceptors (Lipinski definition) is 6. The summed E-state index contributed by atoms with van der Waals surface area (Å²) in [5, 5.41) is 5.12. The molecule has 3 rings (SSSR count). The minimum Gasteiger partial charge on any atom is -0.451 e. The molecular weight excluding hydrogens is 318 g/mol. The highest BCUT2D eigenvalue weighted by atomic mass is 35.5. The molecule has 3 heterocycles. The van der Waals surface area contributed by atoms with Gasteiger partial charge in [0.15, 0.2) is 12.8 Å². The minimum atomic E-state index is 0.623. The van der Waals surface area contributed by atoms with E-state index < -0.39 is 0 Å². The Morgan fingerprint density at radius 2 is 1.70 bits per heavy atom. The van der Waals surface area contributed by atoms with E-state index in [0.29, 0.717) is 24.8 Å². The lowest BCUT2D eigenvalue weighted by Gasteiger charge is -2.20. The van der Waals surface area contributed by atoms with Gasteiger partial charge in [0.05, 0.1) is 17.1 Å². The van der Waals surface area contributed by atoms with Crippen LogP contribution in [-0.2, 0) is 33.1 Å². The Morgan fingerprint density at radius 3 is 2.17 bits per heavy atom. The fourth-order valence-corrected chi connectivity index (χ4v) is 2.73. The third-order valence-electron chi connectivity index (χ3n) is 3.61. The Bertz CT molecular complexity index is 700. The molecule has 7 nitrogen and oxygen atoms in total. The summed E-state index contributed by atoms with van der Waals surface area (Å²) in [7, 11) is 1.85. The van der Waals surface area contributed by atoms with Crippen molar-refractivity contribution >= 4 is 11.6 Å². The molecule has 0 N–H and O–H groups in total. The predicted octanol–water partition coefficient (Wildman–Crippen LogP) is 2.81. The standard InChI is InChI=1S/C15H18ClN5O2/c1-3-14-13(15(16)20(2)19-14)6-21(4-11-7-22-9-17-11)5-12-8-23-10-18-12/h7-10H,3-6H2,1-2H3. The molecule has 0 atom stereocenters. The fourth-order valence-electron chi connectivity index (χ4n) is 2.52. The summed E-state index contributed by atoms with van der Waals surface area (Å²) < 4.78 is 11.8. The van der Waals surface area contributed by atoms with E-state index in [9.17, 15) is 0 Å². The molecule has 0 unspecified atom stereocenters. The highest BCUT2D eigenvalue weighted by Gasteiger charge is 2.18. The highest BCUT2D eigenvalue weighted by molar-refractivity contribution is 6.30. The minimum absolute atomic E-state index is 0.623. The zero-order valence-corrected chi connectivity index (χ0v) is 13.8. The van der Waals surface area contributed by atoms with Crippen LogP contribution in [0.2, 0.25) is 5.15 Å². The number of aryl methyl sites for hydroxylation is 2. The first-order chi connectivity index (χ1) is 11.2. The number of oxazole rings is 2. The molecular formula is C15H18ClN5O2. The molecule has 122 valence electrons. The maximum absolute atomic E-state index is 6.41. The second kappa shape index (κ2) is 6.97. The first kappa shape index (κ1) is 15.8. The van der Waals surface area contributed by atoms with Gasteiger partial charge in [0.2, 0.25) is 0 Å². The maximum atomic E-state index is 6.41. The number of nitrogens with zero attached hydrogens (tertiary/aromatic N) is 5. The van der Waals surface area contributed by atoms with Crippen LogP contribution >= 0.6 is 11.6 Å². The molecule has 0 saturated heterocycles. The number of hydrogen-bond donors (Lipinski definition) is 0. The second-order valence-electron chi connectivity index (χ2n) is 5.30. The second-order valence-corrected chi connectivity index (χ2v) is 5.66. The Balaban J connectivity index is 1.83. The quantitative estimate of drug-likeness (QED) is 0.661. The molecule has 3 aromatic rings. The molecule has 23 heavy (non-hydrogen) atoms. The topological polar surface area (TPSA) is 73.1 Å². The molecule has 0 bridgehead atoms. The van der Waals surface area contributed by atoms with Gasteiger partial charge in [0.1, 0.15) is 17.7 Å². The third kappa shape index (κ3) is 3.62. The van der Waals surface area contributed by atoms with Crippen molar-refractivity contribution in [2.45, 2.75) is 33.0 Å². The SMILES string of the molecule is CCc1nn(C)c(Cl)c1CN(Cc1cocn1)Cc1cocn1. The van der Waals surface area contributed by atoms with E-state index in [0.717, 1.165) is 29.1 Å². The van der Waals surface area contributed by atoms with Crippen molar-refractivity contribution in [3.8, 4) is 0 Å². The Kier molecular flexibility index (Phi) is 4.78. The summed E-state index contributed by atoms with van der Waals surface area (Å²) in [5.41, 5.74) is 3.74. The largest absolute Gasteiger partial charge is 0.451 e. The van der Waals surface area contributed by atoms with E-state index >= 15 is 0 Å². The molecule has 0 aliphatic heterocycles. The Morgan fingerprint density at radius 1 is 1.09 bits per heavy atom. The third-order valence-corrected chi connectivity index (χ3v) is 4.08. The lowest BCUT2D eigenvalue weighted by molar-refractivity contribution is 0.240. The summed E-state index contributed by atoms with van der Waals surface area (Å²) in [6.07, 6.45) is 6.97. The highest BCUT2D eigenvalue weighted by Crippen LogP contribution is 2.23. The average molecular weight is 336 g/mol. The van der Waals surface area contributed by atoms with Crippen molar-refractivity contribution in [2.75, 3.05) is 0 Å². The van der Waals surface area contributed by atoms with Gasteiger partial charge in [-0.2, -0.15) is 5.10 Å². The fraction of sp³-hybridized carbons (Fsp3) is 0.400. The van der Waals surface area contributed by atoms with E-state index in [4.69, 9.17) is 20.4 Å². The number of halogens is 1. The molecule has 0 fully saturated rings. The van der Waals surface area contributed by atoms with Crippen LogP contribution in [0.4, 0.5) is 0 Å². The van der Waals surface area contributed by atoms with Gasteiger partial charge in [-0.1, -0.05) is 18.5 Å². The lowest BCUT2D eigenvalue weighted by atomic mass is 10.2. The van der Waals surface area contributed by atoms with Crippen LogP contribution in [0.1, 0.15) is 29.6 Å². The summed E-state index contributed by atoms with van der Waals surface area (Å²) >= 11 is 6.41. The zero-order valence-electron chi connectivity index (χ0n) is 13.1. The van der Waals surface area contributed by atoms with E-state index in [-0.39, 0.29) is 0 Å². The van der Waals surface area contributed by atoms with Crippen LogP contribution in [0.3, 0.4) is 0 Å². The molecule has 0 aliphatic carbocycles. The van der Waals surface area contributed by atoms with Crippen molar-refractivity contribution in [2.24, 2.45) is 7.05 Å². The predicted molar refractivity (Wildman–Crippen MR) is 83.6 cm³/mol. The van der Waals surface area contributed by atoms with Crippen molar-refractivity contribution in [1.29, 1.82) is 0 Å². The van der Waals surface area contributed by atoms with Crippen LogP contribution < -0.4 is 0 Å². The van der Waals surface area contributed by atoms with Gasteiger partial charge in [-0.3, -0.25) is 9.58 Å². The number of rotatable bonds is 7. The van der Waals surface area contributed by atoms with Gasteiger partial charge in [-0.15, -0.1) is 0 Å². The molecule has 0 spiro atoms. The summed E-state index contributed by atoms with van der Waals surface area (Å²) in [6.45, 7) is 3.97. The van der Waals surface area contributed by atoms with Gasteiger partial charge in [-0.05, 0) is 6.42 Å². The van der Waals surface area contributed by atoms with Gasteiger partial charge in [0.25, 0.3) is 0 Å². The number of aromatic nitrogens is 4. The molecule has 0 aliphatic rings. The molecule has 8 heteroatoms. The first-order valence-corrected chi connectivity index (χ1v) is 7.72. The molecule has 3 aromatic heterocycles. The smallest absolute Gasteiger partial charge is 0.180 e. The van der Waals surface area contributed by atoms with Crippen LogP contribution in [-0.4, -0.2) is 24.6 Å². The monoisotopic (exact) mass is 335 g/mol. The van der Waals surface area contributed by atoms with Gasteiger partial charge in [-0.25, -0.2) is 9.97 Å². The van der Waals surface area contributed by atoms with E-state index in [1.54, 1.807) is 17.2 Å². The lowest BCUT2D eigenvalue weighted by Crippen LogP contribution is -2.23. The van der Waals surface area contributed by atoms with Crippen LogP contribution in [0.25, 0.3) is 0 Å². The molecule has 0 amide bonds. The maximum Gasteiger partial charge on any atom is 0.180 e.